The largest absolute Gasteiger partial charge is 2.00 e. The van der Waals surface area contributed by atoms with Gasteiger partial charge in [0, 0.05) is 0 Å². The number of hydroxylamine groups is 1. The van der Waals surface area contributed by atoms with Gasteiger partial charge in [-0.15, -0.1) is 5.48 Å². The minimum absolute atomic E-state index is 0. The predicted octanol–water partition coefficient (Wildman–Crippen LogP) is -0.489. The summed E-state index contributed by atoms with van der Waals surface area (Å²) in [5, 5.41) is 15.2. The third-order valence-corrected chi connectivity index (χ3v) is 0.184. The van der Waals surface area contributed by atoms with Gasteiger partial charge in [-0.05, 0) is 0 Å². The van der Waals surface area contributed by atoms with Crippen LogP contribution in [0.15, 0.2) is 0 Å². The van der Waals surface area contributed by atoms with Crippen LogP contribution in [0.4, 0.5) is 4.79 Å². The second-order valence-electron chi connectivity index (χ2n) is 0.582. The van der Waals surface area contributed by atoms with E-state index in [2.05, 4.69) is 4.84 Å². The van der Waals surface area contributed by atoms with Crippen molar-refractivity contribution in [2.24, 2.45) is 0 Å². The SMILES string of the molecule is N#CNOC(=O)O.[Ca+2].[H-].[H-]. The number of hydrogen-bond donors (Lipinski definition) is 2. The molecule has 0 aliphatic carbocycles. The van der Waals surface area contributed by atoms with Gasteiger partial charge >= 0.3 is 43.9 Å². The summed E-state index contributed by atoms with van der Waals surface area (Å²) in [7, 11) is 0. The Morgan fingerprint density at radius 2 is 2.50 bits per heavy atom. The van der Waals surface area contributed by atoms with Gasteiger partial charge in [-0.25, -0.2) is 4.79 Å². The van der Waals surface area contributed by atoms with E-state index in [1.807, 2.05) is 0 Å². The van der Waals surface area contributed by atoms with Crippen molar-refractivity contribution in [1.29, 1.82) is 5.26 Å². The average molecular weight is 144 g/mol. The maximum atomic E-state index is 9.32. The third kappa shape index (κ3) is 9.27. The standard InChI is InChI=1S/C2H2N2O3.Ca.2H/c3-1-4-7-2(5)6;;;/h4H,(H,5,6);;;/q;+2;2*-1. The van der Waals surface area contributed by atoms with E-state index in [0.29, 0.717) is 0 Å². The number of carbonyl (C=O) groups is 1. The second-order valence-corrected chi connectivity index (χ2v) is 0.582. The minimum Gasteiger partial charge on any atom is -1.00 e. The Labute approximate surface area is 78.2 Å². The van der Waals surface area contributed by atoms with Gasteiger partial charge in [-0.1, -0.05) is 0 Å². The molecule has 0 unspecified atom stereocenters. The van der Waals surface area contributed by atoms with E-state index in [-0.39, 0.29) is 40.6 Å². The molecule has 0 heterocycles. The molecule has 0 aromatic heterocycles. The number of nitriles is 1. The Bertz CT molecular complexity index is 116. The molecule has 0 bridgehead atoms. The first-order valence-corrected chi connectivity index (χ1v) is 1.31. The number of carboxylic acid groups (broad SMARTS) is 1. The fourth-order valence-electron chi connectivity index (χ4n) is 0.0665. The third-order valence-electron chi connectivity index (χ3n) is 0.184. The van der Waals surface area contributed by atoms with E-state index >= 15 is 0 Å². The van der Waals surface area contributed by atoms with Crippen LogP contribution in [-0.2, 0) is 4.84 Å². The summed E-state index contributed by atoms with van der Waals surface area (Å²) in [5.41, 5.74) is 1.45. The Hall–Kier alpha value is -0.180. The van der Waals surface area contributed by atoms with Crippen molar-refractivity contribution < 1.29 is 17.6 Å². The topological polar surface area (TPSA) is 82.3 Å². The predicted molar refractivity (Wildman–Crippen MR) is 25.8 cm³/mol. The van der Waals surface area contributed by atoms with E-state index < -0.39 is 6.16 Å². The maximum Gasteiger partial charge on any atom is 2.00 e. The molecular formula is C2H4CaN2O3. The number of nitrogens with one attached hydrogen (secondary N) is 1. The van der Waals surface area contributed by atoms with Crippen molar-refractivity contribution in [2.75, 3.05) is 0 Å². The van der Waals surface area contributed by atoms with Crippen LogP contribution in [0.2, 0.25) is 0 Å². The monoisotopic (exact) mass is 144 g/mol. The minimum atomic E-state index is -1.53. The van der Waals surface area contributed by atoms with Crippen molar-refractivity contribution in [3.63, 3.8) is 0 Å². The van der Waals surface area contributed by atoms with Crippen molar-refractivity contribution in [1.82, 2.24) is 5.48 Å². The summed E-state index contributed by atoms with van der Waals surface area (Å²) >= 11 is 0. The molecule has 0 radical (unpaired) electrons. The summed E-state index contributed by atoms with van der Waals surface area (Å²) < 4.78 is 0. The molecule has 0 spiro atoms. The van der Waals surface area contributed by atoms with Crippen LogP contribution < -0.4 is 5.48 Å². The van der Waals surface area contributed by atoms with E-state index in [1.54, 1.807) is 0 Å². The van der Waals surface area contributed by atoms with Crippen LogP contribution in [0.5, 0.6) is 0 Å². The van der Waals surface area contributed by atoms with E-state index in [9.17, 15) is 4.79 Å². The first kappa shape index (κ1) is 10.7. The van der Waals surface area contributed by atoms with Gasteiger partial charge in [0.05, 0.1) is 0 Å². The fourth-order valence-corrected chi connectivity index (χ4v) is 0.0665. The maximum absolute atomic E-state index is 9.32. The molecule has 0 fully saturated rings. The van der Waals surface area contributed by atoms with Crippen LogP contribution in [0, 0.1) is 11.5 Å². The van der Waals surface area contributed by atoms with Gasteiger partial charge in [0.2, 0.25) is 6.19 Å². The fraction of sp³-hybridized carbons (Fsp3) is 0. The average Bonchev–Trinajstić information content (AvgIpc) is 1.61. The molecule has 0 aliphatic rings. The van der Waals surface area contributed by atoms with Gasteiger partial charge in [0.25, 0.3) is 0 Å². The van der Waals surface area contributed by atoms with Gasteiger partial charge in [0.1, 0.15) is 0 Å². The van der Waals surface area contributed by atoms with Crippen LogP contribution >= 0.6 is 0 Å². The number of nitrogens with zero attached hydrogens (tertiary/aromatic N) is 1. The summed E-state index contributed by atoms with van der Waals surface area (Å²) in [6, 6.07) is 0. The summed E-state index contributed by atoms with van der Waals surface area (Å²) in [4.78, 5) is 12.8. The van der Waals surface area contributed by atoms with Crippen LogP contribution in [-0.4, -0.2) is 49.0 Å². The molecule has 0 aromatic carbocycles. The second kappa shape index (κ2) is 6.82. The van der Waals surface area contributed by atoms with Crippen molar-refractivity contribution in [3.05, 3.63) is 0 Å². The van der Waals surface area contributed by atoms with Crippen molar-refractivity contribution in [3.8, 4) is 6.19 Å². The molecule has 0 aromatic rings. The molecule has 42 valence electrons. The van der Waals surface area contributed by atoms with Gasteiger partial charge in [-0.3, -0.25) is 4.84 Å². The smallest absolute Gasteiger partial charge is 1.00 e. The molecule has 5 nitrogen and oxygen atoms in total. The normalized spacial score (nSPS) is 5.38. The van der Waals surface area contributed by atoms with Gasteiger partial charge < -0.3 is 7.96 Å². The van der Waals surface area contributed by atoms with E-state index in [4.69, 9.17) is 10.4 Å². The number of rotatable bonds is 1. The zero-order valence-electron chi connectivity index (χ0n) is 5.92. The van der Waals surface area contributed by atoms with Crippen molar-refractivity contribution in [2.45, 2.75) is 0 Å². The zero-order valence-corrected chi connectivity index (χ0v) is 6.13. The van der Waals surface area contributed by atoms with Crippen molar-refractivity contribution >= 4 is 43.9 Å². The van der Waals surface area contributed by atoms with Crippen LogP contribution in [0.3, 0.4) is 0 Å². The number of hydrogen-bond acceptors (Lipinski definition) is 4. The quantitative estimate of drug-likeness (QED) is 0.224. The van der Waals surface area contributed by atoms with Crippen LogP contribution in [0.25, 0.3) is 0 Å². The Kier molecular flexibility index (Phi) is 9.15. The first-order chi connectivity index (χ1) is 3.27. The molecule has 0 atom stereocenters. The summed E-state index contributed by atoms with van der Waals surface area (Å²) in [6.45, 7) is 0. The van der Waals surface area contributed by atoms with Gasteiger partial charge in [-0.2, -0.15) is 5.26 Å². The first-order valence-electron chi connectivity index (χ1n) is 1.31. The van der Waals surface area contributed by atoms with E-state index in [0.717, 1.165) is 0 Å². The summed E-state index contributed by atoms with van der Waals surface area (Å²) in [5.74, 6) is 0. The zero-order chi connectivity index (χ0) is 5.70. The van der Waals surface area contributed by atoms with Gasteiger partial charge in [0.15, 0.2) is 0 Å². The molecule has 2 N–H and O–H groups in total. The Balaban J connectivity index is -0.0000000600. The molecule has 8 heavy (non-hydrogen) atoms. The molecule has 0 amide bonds. The molecule has 0 saturated heterocycles. The van der Waals surface area contributed by atoms with E-state index in [1.165, 1.54) is 11.7 Å². The molecular weight excluding hydrogens is 140 g/mol. The molecule has 6 heteroatoms. The van der Waals surface area contributed by atoms with Crippen LogP contribution in [0.1, 0.15) is 2.85 Å². The molecule has 0 rings (SSSR count). The summed E-state index contributed by atoms with van der Waals surface area (Å²) in [6.07, 6.45) is -0.280. The Morgan fingerprint density at radius 1 is 2.00 bits per heavy atom. The molecule has 0 saturated carbocycles. The molecule has 0 aliphatic heterocycles. The Morgan fingerprint density at radius 3 is 2.62 bits per heavy atom.